The molecule has 0 spiro atoms. The van der Waals surface area contributed by atoms with Crippen LogP contribution < -0.4 is 11.1 Å². The highest BCUT2D eigenvalue weighted by molar-refractivity contribution is 5.62. The maximum absolute atomic E-state index is 9.23. The second-order valence-corrected chi connectivity index (χ2v) is 7.67. The van der Waals surface area contributed by atoms with Gasteiger partial charge in [-0.05, 0) is 49.9 Å². The fourth-order valence-electron chi connectivity index (χ4n) is 3.88. The molecule has 0 aliphatic carbocycles. The SMILES string of the molecule is N#Cc1cc(C#N)c(NCCCCC2CCN(Cc3ccccc3)CC2)nc1N. The van der Waals surface area contributed by atoms with Crippen LogP contribution in [0.4, 0.5) is 11.6 Å². The number of aromatic nitrogens is 1. The van der Waals surface area contributed by atoms with Gasteiger partial charge < -0.3 is 11.1 Å². The molecule has 0 amide bonds. The molecular weight excluding hydrogens is 360 g/mol. The molecule has 1 fully saturated rings. The molecule has 3 rings (SSSR count). The van der Waals surface area contributed by atoms with Gasteiger partial charge in [0.1, 0.15) is 23.8 Å². The Labute approximate surface area is 173 Å². The van der Waals surface area contributed by atoms with Crippen molar-refractivity contribution in [1.82, 2.24) is 9.88 Å². The van der Waals surface area contributed by atoms with E-state index in [9.17, 15) is 5.26 Å². The van der Waals surface area contributed by atoms with Crippen LogP contribution >= 0.6 is 0 Å². The van der Waals surface area contributed by atoms with E-state index in [0.29, 0.717) is 11.4 Å². The summed E-state index contributed by atoms with van der Waals surface area (Å²) in [5.74, 6) is 1.44. The number of rotatable bonds is 8. The fourth-order valence-corrected chi connectivity index (χ4v) is 3.88. The lowest BCUT2D eigenvalue weighted by Crippen LogP contribution is -2.33. The Hall–Kier alpha value is -3.09. The summed E-state index contributed by atoms with van der Waals surface area (Å²) in [4.78, 5) is 6.71. The first kappa shape index (κ1) is 20.6. The predicted molar refractivity (Wildman–Crippen MR) is 115 cm³/mol. The van der Waals surface area contributed by atoms with E-state index in [0.717, 1.165) is 31.8 Å². The molecule has 1 aliphatic rings. The van der Waals surface area contributed by atoms with E-state index in [4.69, 9.17) is 11.0 Å². The van der Waals surface area contributed by atoms with Crippen molar-refractivity contribution >= 4 is 11.6 Å². The molecule has 3 N–H and O–H groups in total. The number of pyridine rings is 1. The molecule has 1 saturated heterocycles. The van der Waals surface area contributed by atoms with Gasteiger partial charge in [-0.25, -0.2) is 4.98 Å². The summed E-state index contributed by atoms with van der Waals surface area (Å²) in [5.41, 5.74) is 7.75. The van der Waals surface area contributed by atoms with Crippen LogP contribution in [0.25, 0.3) is 0 Å². The normalized spacial score (nSPS) is 14.8. The van der Waals surface area contributed by atoms with Gasteiger partial charge in [-0.1, -0.05) is 43.2 Å². The number of nitrogen functional groups attached to an aromatic ring is 1. The number of nitrogens with one attached hydrogen (secondary N) is 1. The lowest BCUT2D eigenvalue weighted by Gasteiger charge is -2.32. The summed E-state index contributed by atoms with van der Waals surface area (Å²) in [5, 5.41) is 21.4. The third kappa shape index (κ3) is 5.94. The van der Waals surface area contributed by atoms with Gasteiger partial charge in [0.25, 0.3) is 0 Å². The number of hydrogen-bond donors (Lipinski definition) is 2. The van der Waals surface area contributed by atoms with E-state index >= 15 is 0 Å². The van der Waals surface area contributed by atoms with Crippen LogP contribution in [-0.2, 0) is 6.54 Å². The summed E-state index contributed by atoms with van der Waals surface area (Å²) in [7, 11) is 0. The third-order valence-electron chi connectivity index (χ3n) is 5.58. The van der Waals surface area contributed by atoms with Crippen molar-refractivity contribution in [2.75, 3.05) is 30.7 Å². The van der Waals surface area contributed by atoms with Crippen molar-refractivity contribution in [1.29, 1.82) is 10.5 Å². The molecule has 1 aromatic heterocycles. The summed E-state index contributed by atoms with van der Waals surface area (Å²) in [6.45, 7) is 4.16. The smallest absolute Gasteiger partial charge is 0.146 e. The maximum atomic E-state index is 9.23. The number of hydrogen-bond acceptors (Lipinski definition) is 6. The van der Waals surface area contributed by atoms with Crippen LogP contribution in [0.15, 0.2) is 36.4 Å². The highest BCUT2D eigenvalue weighted by atomic mass is 15.1. The van der Waals surface area contributed by atoms with E-state index in [1.54, 1.807) is 0 Å². The number of nitriles is 2. The quantitative estimate of drug-likeness (QED) is 0.665. The topological polar surface area (TPSA) is 102 Å². The van der Waals surface area contributed by atoms with E-state index < -0.39 is 0 Å². The summed E-state index contributed by atoms with van der Waals surface area (Å²) in [6, 6.07) is 16.2. The number of benzene rings is 1. The number of piperidine rings is 1. The number of anilines is 2. The second-order valence-electron chi connectivity index (χ2n) is 7.67. The number of nitrogens with two attached hydrogens (primary N) is 1. The van der Waals surface area contributed by atoms with E-state index in [-0.39, 0.29) is 11.4 Å². The molecule has 0 atom stereocenters. The van der Waals surface area contributed by atoms with Crippen molar-refractivity contribution in [2.45, 2.75) is 38.6 Å². The fraction of sp³-hybridized carbons (Fsp3) is 0.435. The van der Waals surface area contributed by atoms with Crippen molar-refractivity contribution in [3.63, 3.8) is 0 Å². The third-order valence-corrected chi connectivity index (χ3v) is 5.58. The standard InChI is InChI=1S/C23H28N6/c24-15-20-14-21(16-25)23(28-22(20)26)27-11-5-4-6-18-9-12-29(13-10-18)17-19-7-2-1-3-8-19/h1-3,7-8,14,18H,4-6,9-13,17H2,(H3,26,27,28). The molecule has 0 saturated carbocycles. The average Bonchev–Trinajstić information content (AvgIpc) is 2.75. The van der Waals surface area contributed by atoms with Crippen molar-refractivity contribution in [3.8, 4) is 12.1 Å². The van der Waals surface area contributed by atoms with Gasteiger partial charge in [0.2, 0.25) is 0 Å². The monoisotopic (exact) mass is 388 g/mol. The molecule has 6 nitrogen and oxygen atoms in total. The molecule has 1 aliphatic heterocycles. The van der Waals surface area contributed by atoms with Gasteiger partial charge in [0, 0.05) is 13.1 Å². The van der Waals surface area contributed by atoms with Crippen LogP contribution in [0.1, 0.15) is 48.8 Å². The van der Waals surface area contributed by atoms with Crippen LogP contribution in [0.3, 0.4) is 0 Å². The first-order valence-electron chi connectivity index (χ1n) is 10.3. The Morgan fingerprint density at radius 3 is 2.48 bits per heavy atom. The molecule has 2 heterocycles. The molecule has 6 heteroatoms. The summed E-state index contributed by atoms with van der Waals surface area (Å²) < 4.78 is 0. The lowest BCUT2D eigenvalue weighted by molar-refractivity contribution is 0.170. The van der Waals surface area contributed by atoms with Crippen molar-refractivity contribution in [2.24, 2.45) is 5.92 Å². The molecule has 1 aromatic carbocycles. The first-order valence-corrected chi connectivity index (χ1v) is 10.3. The minimum absolute atomic E-state index is 0.163. The van der Waals surface area contributed by atoms with Crippen molar-refractivity contribution < 1.29 is 0 Å². The van der Waals surface area contributed by atoms with Gasteiger partial charge in [-0.15, -0.1) is 0 Å². The Bertz CT molecular complexity index is 873. The van der Waals surface area contributed by atoms with Crippen LogP contribution in [0.5, 0.6) is 0 Å². The highest BCUT2D eigenvalue weighted by Crippen LogP contribution is 2.24. The van der Waals surface area contributed by atoms with Crippen molar-refractivity contribution in [3.05, 3.63) is 53.1 Å². The summed E-state index contributed by atoms with van der Waals surface area (Å²) >= 11 is 0. The molecule has 150 valence electrons. The van der Waals surface area contributed by atoms with Gasteiger partial charge in [-0.2, -0.15) is 10.5 Å². The van der Waals surface area contributed by atoms with Gasteiger partial charge >= 0.3 is 0 Å². The van der Waals surface area contributed by atoms with Crippen LogP contribution in [0, 0.1) is 28.6 Å². The van der Waals surface area contributed by atoms with Gasteiger partial charge in [0.05, 0.1) is 11.1 Å². The number of unbranched alkanes of at least 4 members (excludes halogenated alkanes) is 1. The van der Waals surface area contributed by atoms with E-state index in [2.05, 4.69) is 51.6 Å². The van der Waals surface area contributed by atoms with Crippen LogP contribution in [-0.4, -0.2) is 29.5 Å². The first-order chi connectivity index (χ1) is 14.2. The Kier molecular flexibility index (Phi) is 7.44. The highest BCUT2D eigenvalue weighted by Gasteiger charge is 2.18. The average molecular weight is 389 g/mol. The molecular formula is C23H28N6. The lowest BCUT2D eigenvalue weighted by atomic mass is 9.91. The number of likely N-dealkylation sites (tertiary alicyclic amines) is 1. The minimum Gasteiger partial charge on any atom is -0.383 e. The Morgan fingerprint density at radius 1 is 1.07 bits per heavy atom. The van der Waals surface area contributed by atoms with Gasteiger partial charge in [0.15, 0.2) is 0 Å². The summed E-state index contributed by atoms with van der Waals surface area (Å²) in [6.07, 6.45) is 5.97. The zero-order chi connectivity index (χ0) is 20.5. The molecule has 0 radical (unpaired) electrons. The van der Waals surface area contributed by atoms with E-state index in [1.165, 1.54) is 44.0 Å². The molecule has 2 aromatic rings. The predicted octanol–water partition coefficient (Wildman–Crippen LogP) is 3.90. The number of nitrogens with zero attached hydrogens (tertiary/aromatic N) is 4. The zero-order valence-electron chi connectivity index (χ0n) is 16.8. The minimum atomic E-state index is 0.163. The molecule has 0 bridgehead atoms. The Morgan fingerprint density at radius 2 is 1.79 bits per heavy atom. The largest absolute Gasteiger partial charge is 0.383 e. The molecule has 29 heavy (non-hydrogen) atoms. The Balaban J connectivity index is 1.34. The zero-order valence-corrected chi connectivity index (χ0v) is 16.8. The van der Waals surface area contributed by atoms with Gasteiger partial charge in [-0.3, -0.25) is 4.90 Å². The van der Waals surface area contributed by atoms with Crippen LogP contribution in [0.2, 0.25) is 0 Å². The van der Waals surface area contributed by atoms with E-state index in [1.807, 2.05) is 6.07 Å². The molecule has 0 unspecified atom stereocenters. The second kappa shape index (κ2) is 10.5. The maximum Gasteiger partial charge on any atom is 0.146 e.